The van der Waals surface area contributed by atoms with Crippen molar-refractivity contribution >= 4 is 22.9 Å². The Morgan fingerprint density at radius 1 is 0.885 bits per heavy atom. The van der Waals surface area contributed by atoms with E-state index in [-0.39, 0.29) is 5.43 Å². The van der Waals surface area contributed by atoms with Crippen LogP contribution < -0.4 is 14.9 Å². The SMILES string of the molecule is CC(=O)Oc1ccc(-c2c(C)oc3cc(OC(C)=O)ccc3c2=O)cc1. The maximum atomic E-state index is 12.9. The molecule has 0 fully saturated rings. The zero-order valence-electron chi connectivity index (χ0n) is 14.5. The molecule has 6 nitrogen and oxygen atoms in total. The highest BCUT2D eigenvalue weighted by atomic mass is 16.5. The molecule has 0 spiro atoms. The van der Waals surface area contributed by atoms with Gasteiger partial charge in [0.1, 0.15) is 22.8 Å². The Bertz CT molecular complexity index is 1060. The van der Waals surface area contributed by atoms with Gasteiger partial charge < -0.3 is 13.9 Å². The van der Waals surface area contributed by atoms with E-state index in [1.807, 2.05) is 0 Å². The predicted molar refractivity (Wildman–Crippen MR) is 95.3 cm³/mol. The summed E-state index contributed by atoms with van der Waals surface area (Å²) in [5, 5.41) is 0.380. The molecular formula is C20H16O6. The summed E-state index contributed by atoms with van der Waals surface area (Å²) in [6, 6.07) is 11.2. The number of carbonyl (C=O) groups excluding carboxylic acids is 2. The molecule has 0 unspecified atom stereocenters. The van der Waals surface area contributed by atoms with Gasteiger partial charge in [0.05, 0.1) is 10.9 Å². The molecule has 0 saturated heterocycles. The zero-order chi connectivity index (χ0) is 18.8. The highest BCUT2D eigenvalue weighted by molar-refractivity contribution is 5.84. The fourth-order valence-corrected chi connectivity index (χ4v) is 2.70. The molecule has 0 saturated carbocycles. The molecule has 26 heavy (non-hydrogen) atoms. The number of rotatable bonds is 3. The second kappa shape index (κ2) is 6.84. The van der Waals surface area contributed by atoms with Gasteiger partial charge in [-0.15, -0.1) is 0 Å². The summed E-state index contributed by atoms with van der Waals surface area (Å²) in [5.74, 6) is 0.277. The number of hydrogen-bond donors (Lipinski definition) is 0. The van der Waals surface area contributed by atoms with Gasteiger partial charge in [-0.2, -0.15) is 0 Å². The number of ether oxygens (including phenoxy) is 2. The number of carbonyl (C=O) groups is 2. The predicted octanol–water partition coefficient (Wildman–Crippen LogP) is 3.62. The third-order valence-electron chi connectivity index (χ3n) is 3.71. The number of benzene rings is 2. The van der Waals surface area contributed by atoms with E-state index in [4.69, 9.17) is 13.9 Å². The van der Waals surface area contributed by atoms with Crippen LogP contribution in [0.15, 0.2) is 51.7 Å². The highest BCUT2D eigenvalue weighted by Crippen LogP contribution is 2.27. The van der Waals surface area contributed by atoms with Crippen LogP contribution in [0.2, 0.25) is 0 Å². The van der Waals surface area contributed by atoms with Crippen molar-refractivity contribution < 1.29 is 23.5 Å². The number of fused-ring (bicyclic) bond motifs is 1. The van der Waals surface area contributed by atoms with E-state index in [1.54, 1.807) is 43.3 Å². The van der Waals surface area contributed by atoms with E-state index in [0.29, 0.717) is 39.4 Å². The molecule has 132 valence electrons. The summed E-state index contributed by atoms with van der Waals surface area (Å²) >= 11 is 0. The molecule has 3 aromatic rings. The summed E-state index contributed by atoms with van der Waals surface area (Å²) in [5.41, 5.74) is 1.22. The van der Waals surface area contributed by atoms with Crippen molar-refractivity contribution in [3.8, 4) is 22.6 Å². The smallest absolute Gasteiger partial charge is 0.308 e. The van der Waals surface area contributed by atoms with Crippen LogP contribution in [0, 0.1) is 6.92 Å². The van der Waals surface area contributed by atoms with Crippen LogP contribution in [0.3, 0.4) is 0 Å². The molecule has 0 radical (unpaired) electrons. The fraction of sp³-hybridized carbons (Fsp3) is 0.150. The maximum absolute atomic E-state index is 12.9. The molecule has 6 heteroatoms. The van der Waals surface area contributed by atoms with Crippen LogP contribution in [0.5, 0.6) is 11.5 Å². The molecule has 1 aromatic heterocycles. The summed E-state index contributed by atoms with van der Waals surface area (Å²) < 4.78 is 15.8. The van der Waals surface area contributed by atoms with Gasteiger partial charge in [0.15, 0.2) is 0 Å². The van der Waals surface area contributed by atoms with Gasteiger partial charge in [0, 0.05) is 19.9 Å². The van der Waals surface area contributed by atoms with Crippen molar-refractivity contribution in [2.24, 2.45) is 0 Å². The lowest BCUT2D eigenvalue weighted by Gasteiger charge is -2.09. The average molecular weight is 352 g/mol. The van der Waals surface area contributed by atoms with E-state index in [0.717, 1.165) is 0 Å². The van der Waals surface area contributed by atoms with Crippen LogP contribution in [0.4, 0.5) is 0 Å². The van der Waals surface area contributed by atoms with Crippen molar-refractivity contribution in [3.05, 3.63) is 58.4 Å². The minimum Gasteiger partial charge on any atom is -0.460 e. The Labute approximate surface area is 149 Å². The molecule has 0 N–H and O–H groups in total. The van der Waals surface area contributed by atoms with Gasteiger partial charge in [0.2, 0.25) is 5.43 Å². The second-order valence-electron chi connectivity index (χ2n) is 5.73. The van der Waals surface area contributed by atoms with Crippen molar-refractivity contribution in [3.63, 3.8) is 0 Å². The monoisotopic (exact) mass is 352 g/mol. The average Bonchev–Trinajstić information content (AvgIpc) is 2.55. The van der Waals surface area contributed by atoms with Gasteiger partial charge in [0.25, 0.3) is 0 Å². The van der Waals surface area contributed by atoms with E-state index in [9.17, 15) is 14.4 Å². The van der Waals surface area contributed by atoms with Crippen LogP contribution in [0.1, 0.15) is 19.6 Å². The van der Waals surface area contributed by atoms with Crippen LogP contribution >= 0.6 is 0 Å². The molecule has 0 bridgehead atoms. The first-order chi connectivity index (χ1) is 12.3. The molecule has 0 aliphatic rings. The van der Waals surface area contributed by atoms with Crippen molar-refractivity contribution in [1.29, 1.82) is 0 Å². The molecule has 0 aliphatic heterocycles. The Kier molecular flexibility index (Phi) is 4.58. The first kappa shape index (κ1) is 17.4. The Hall–Kier alpha value is -3.41. The van der Waals surface area contributed by atoms with Crippen molar-refractivity contribution in [2.75, 3.05) is 0 Å². The normalized spacial score (nSPS) is 10.6. The van der Waals surface area contributed by atoms with Crippen molar-refractivity contribution in [1.82, 2.24) is 0 Å². The van der Waals surface area contributed by atoms with Crippen LogP contribution in [-0.2, 0) is 9.59 Å². The Morgan fingerprint density at radius 2 is 1.46 bits per heavy atom. The molecule has 0 aliphatic carbocycles. The molecule has 2 aromatic carbocycles. The topological polar surface area (TPSA) is 82.8 Å². The number of esters is 2. The highest BCUT2D eigenvalue weighted by Gasteiger charge is 2.15. The lowest BCUT2D eigenvalue weighted by Crippen LogP contribution is -2.08. The van der Waals surface area contributed by atoms with Gasteiger partial charge >= 0.3 is 11.9 Å². The lowest BCUT2D eigenvalue weighted by molar-refractivity contribution is -0.132. The molecule has 0 atom stereocenters. The summed E-state index contributed by atoms with van der Waals surface area (Å²) in [4.78, 5) is 35.0. The van der Waals surface area contributed by atoms with E-state index >= 15 is 0 Å². The molecule has 3 rings (SSSR count). The molecule has 0 amide bonds. The Balaban J connectivity index is 2.08. The number of hydrogen-bond acceptors (Lipinski definition) is 6. The maximum Gasteiger partial charge on any atom is 0.308 e. The van der Waals surface area contributed by atoms with E-state index in [2.05, 4.69) is 0 Å². The standard InChI is InChI=1S/C20H16O6/c1-11-19(14-4-6-15(7-5-14)25-12(2)21)20(23)17-9-8-16(26-13(3)22)10-18(17)24-11/h4-10H,1-3H3. The molecular weight excluding hydrogens is 336 g/mol. The summed E-state index contributed by atoms with van der Waals surface area (Å²) in [7, 11) is 0. The Morgan fingerprint density at radius 3 is 2.08 bits per heavy atom. The minimum atomic E-state index is -0.451. The largest absolute Gasteiger partial charge is 0.460 e. The first-order valence-corrected chi connectivity index (χ1v) is 7.90. The van der Waals surface area contributed by atoms with Crippen LogP contribution in [-0.4, -0.2) is 11.9 Å². The van der Waals surface area contributed by atoms with E-state index < -0.39 is 11.9 Å². The second-order valence-corrected chi connectivity index (χ2v) is 5.73. The zero-order valence-corrected chi connectivity index (χ0v) is 14.5. The lowest BCUT2D eigenvalue weighted by atomic mass is 10.0. The first-order valence-electron chi connectivity index (χ1n) is 7.90. The van der Waals surface area contributed by atoms with Crippen LogP contribution in [0.25, 0.3) is 22.1 Å². The molecule has 1 heterocycles. The van der Waals surface area contributed by atoms with E-state index in [1.165, 1.54) is 19.9 Å². The van der Waals surface area contributed by atoms with Gasteiger partial charge in [-0.3, -0.25) is 14.4 Å². The van der Waals surface area contributed by atoms with Gasteiger partial charge in [-0.1, -0.05) is 12.1 Å². The number of aryl methyl sites for hydroxylation is 1. The summed E-state index contributed by atoms with van der Waals surface area (Å²) in [6.07, 6.45) is 0. The third-order valence-corrected chi connectivity index (χ3v) is 3.71. The van der Waals surface area contributed by atoms with Crippen molar-refractivity contribution in [2.45, 2.75) is 20.8 Å². The summed E-state index contributed by atoms with van der Waals surface area (Å²) in [6.45, 7) is 4.31. The minimum absolute atomic E-state index is 0.196. The van der Waals surface area contributed by atoms with Gasteiger partial charge in [-0.25, -0.2) is 0 Å². The third kappa shape index (κ3) is 3.49. The fourth-order valence-electron chi connectivity index (χ4n) is 2.70. The quantitative estimate of drug-likeness (QED) is 0.529. The van der Waals surface area contributed by atoms with Gasteiger partial charge in [-0.05, 0) is 36.8 Å².